The molecule has 3 aromatic rings. The third-order valence-corrected chi connectivity index (χ3v) is 3.20. The van der Waals surface area contributed by atoms with Crippen molar-refractivity contribution in [1.29, 1.82) is 0 Å². The summed E-state index contributed by atoms with van der Waals surface area (Å²) in [6.45, 7) is 0. The molecule has 2 aromatic heterocycles. The molecule has 0 unspecified atom stereocenters. The topological polar surface area (TPSA) is 83.0 Å². The van der Waals surface area contributed by atoms with Gasteiger partial charge >= 0.3 is 0 Å². The number of aliphatic imine (C=N–C) groups is 1. The smallest absolute Gasteiger partial charge is 0.272 e. The highest BCUT2D eigenvalue weighted by Gasteiger charge is 2.18. The van der Waals surface area contributed by atoms with E-state index in [2.05, 4.69) is 25.5 Å². The number of hydrogen-bond acceptors (Lipinski definition) is 5. The van der Waals surface area contributed by atoms with Gasteiger partial charge in [0, 0.05) is 18.0 Å². The molecule has 96 valence electrons. The first kappa shape index (κ1) is 10.9. The van der Waals surface area contributed by atoms with Crippen molar-refractivity contribution >= 4 is 28.1 Å². The number of anilines is 1. The molecule has 0 amide bonds. The number of rotatable bonds is 1. The van der Waals surface area contributed by atoms with Crippen LogP contribution in [-0.4, -0.2) is 21.0 Å². The molecule has 2 N–H and O–H groups in total. The average Bonchev–Trinajstić information content (AvgIpc) is 2.51. The zero-order valence-electron chi connectivity index (χ0n) is 10.3. The summed E-state index contributed by atoms with van der Waals surface area (Å²) in [5.41, 5.74) is 1.47. The molecule has 0 spiro atoms. The molecular weight excluding hydrogens is 254 g/mol. The maximum absolute atomic E-state index is 11.8. The number of hydrogen-bond donors (Lipinski definition) is 2. The summed E-state index contributed by atoms with van der Waals surface area (Å²) in [7, 11) is 0. The van der Waals surface area contributed by atoms with Crippen molar-refractivity contribution in [2.24, 2.45) is 4.99 Å². The summed E-state index contributed by atoms with van der Waals surface area (Å²) >= 11 is 0. The highest BCUT2D eigenvalue weighted by atomic mass is 16.1. The Morgan fingerprint density at radius 1 is 1.10 bits per heavy atom. The molecule has 20 heavy (non-hydrogen) atoms. The van der Waals surface area contributed by atoms with Gasteiger partial charge in [-0.25, -0.2) is 10.1 Å². The van der Waals surface area contributed by atoms with Crippen LogP contribution in [0.1, 0.15) is 5.56 Å². The van der Waals surface area contributed by atoms with Crippen LogP contribution in [0.5, 0.6) is 0 Å². The fourth-order valence-corrected chi connectivity index (χ4v) is 2.29. The molecule has 6 nitrogen and oxygen atoms in total. The summed E-state index contributed by atoms with van der Waals surface area (Å²) < 4.78 is 0. The summed E-state index contributed by atoms with van der Waals surface area (Å²) in [5.74, 6) is 1.17. The zero-order chi connectivity index (χ0) is 13.5. The van der Waals surface area contributed by atoms with Crippen LogP contribution in [0, 0.1) is 0 Å². The molecular formula is C14H9N5O. The molecule has 0 saturated carbocycles. The van der Waals surface area contributed by atoms with Gasteiger partial charge in [-0.1, -0.05) is 6.07 Å². The number of pyridine rings is 1. The molecule has 1 aromatic carbocycles. The third-order valence-electron chi connectivity index (χ3n) is 3.20. The second-order valence-electron chi connectivity index (χ2n) is 4.43. The van der Waals surface area contributed by atoms with E-state index in [1.807, 2.05) is 24.3 Å². The Hall–Kier alpha value is -3.02. The van der Waals surface area contributed by atoms with Crippen molar-refractivity contribution in [1.82, 2.24) is 15.2 Å². The van der Waals surface area contributed by atoms with Crippen LogP contribution in [0.4, 0.5) is 11.5 Å². The van der Waals surface area contributed by atoms with Crippen LogP contribution < -0.4 is 10.9 Å². The molecule has 0 aliphatic carbocycles. The van der Waals surface area contributed by atoms with Gasteiger partial charge in [-0.3, -0.25) is 9.78 Å². The van der Waals surface area contributed by atoms with Gasteiger partial charge in [-0.2, -0.15) is 5.10 Å². The van der Waals surface area contributed by atoms with Gasteiger partial charge in [0.2, 0.25) is 0 Å². The molecule has 0 saturated heterocycles. The molecule has 1 aliphatic heterocycles. The van der Waals surface area contributed by atoms with Crippen molar-refractivity contribution in [3.05, 3.63) is 58.6 Å². The SMILES string of the molecule is O=c1[nH]nc2c3c(cccc13)NC(c1cccnc1)=N2. The molecule has 0 bridgehead atoms. The van der Waals surface area contributed by atoms with E-state index in [0.29, 0.717) is 17.0 Å². The van der Waals surface area contributed by atoms with E-state index in [4.69, 9.17) is 0 Å². The van der Waals surface area contributed by atoms with Gasteiger partial charge < -0.3 is 5.32 Å². The van der Waals surface area contributed by atoms with Crippen molar-refractivity contribution < 1.29 is 0 Å². The van der Waals surface area contributed by atoms with E-state index in [0.717, 1.165) is 16.6 Å². The van der Waals surface area contributed by atoms with Crippen LogP contribution in [0.2, 0.25) is 0 Å². The number of nitrogens with one attached hydrogen (secondary N) is 2. The van der Waals surface area contributed by atoms with E-state index in [-0.39, 0.29) is 5.56 Å². The van der Waals surface area contributed by atoms with Gasteiger partial charge in [0.15, 0.2) is 5.82 Å². The van der Waals surface area contributed by atoms with Gasteiger partial charge in [0.05, 0.1) is 16.5 Å². The van der Waals surface area contributed by atoms with E-state index >= 15 is 0 Å². The lowest BCUT2D eigenvalue weighted by molar-refractivity contribution is 1.00. The van der Waals surface area contributed by atoms with E-state index < -0.39 is 0 Å². The van der Waals surface area contributed by atoms with E-state index in [1.165, 1.54) is 0 Å². The molecule has 1 aliphatic rings. The number of amidine groups is 1. The standard InChI is InChI=1S/C14H9N5O/c20-14-9-4-1-5-10-11(9)13(18-19-14)17-12(16-10)8-3-2-6-15-7-8/h1-7H,(H,19,20)(H,16,17,18). The summed E-state index contributed by atoms with van der Waals surface area (Å²) in [6.07, 6.45) is 3.43. The first-order chi connectivity index (χ1) is 9.83. The Labute approximate surface area is 113 Å². The highest BCUT2D eigenvalue weighted by molar-refractivity contribution is 6.17. The van der Waals surface area contributed by atoms with E-state index in [9.17, 15) is 4.79 Å². The highest BCUT2D eigenvalue weighted by Crippen LogP contribution is 2.32. The van der Waals surface area contributed by atoms with Crippen molar-refractivity contribution in [3.8, 4) is 0 Å². The lowest BCUT2D eigenvalue weighted by Crippen LogP contribution is -2.19. The fourth-order valence-electron chi connectivity index (χ4n) is 2.29. The Morgan fingerprint density at radius 2 is 2.05 bits per heavy atom. The fraction of sp³-hybridized carbons (Fsp3) is 0. The Balaban J connectivity index is 2.00. The Bertz CT molecular complexity index is 898. The van der Waals surface area contributed by atoms with Gasteiger partial charge in [-0.05, 0) is 24.3 Å². The average molecular weight is 263 g/mol. The predicted octanol–water partition coefficient (Wildman–Crippen LogP) is 1.82. The zero-order valence-corrected chi connectivity index (χ0v) is 10.3. The number of aromatic amines is 1. The van der Waals surface area contributed by atoms with Crippen LogP contribution in [-0.2, 0) is 0 Å². The minimum absolute atomic E-state index is 0.215. The van der Waals surface area contributed by atoms with Crippen LogP contribution in [0.25, 0.3) is 10.8 Å². The quantitative estimate of drug-likeness (QED) is 0.701. The maximum atomic E-state index is 11.8. The number of H-pyrrole nitrogens is 1. The first-order valence-corrected chi connectivity index (χ1v) is 6.10. The molecule has 0 radical (unpaired) electrons. The predicted molar refractivity (Wildman–Crippen MR) is 76.4 cm³/mol. The van der Waals surface area contributed by atoms with Gasteiger partial charge in [0.25, 0.3) is 5.56 Å². The lowest BCUT2D eigenvalue weighted by Gasteiger charge is -2.17. The molecule has 6 heteroatoms. The maximum Gasteiger partial charge on any atom is 0.272 e. The minimum Gasteiger partial charge on any atom is -0.339 e. The molecule has 3 heterocycles. The molecule has 0 fully saturated rings. The Morgan fingerprint density at radius 3 is 2.90 bits per heavy atom. The molecule has 4 rings (SSSR count). The summed E-state index contributed by atoms with van der Waals surface area (Å²) in [6, 6.07) is 9.24. The normalized spacial score (nSPS) is 12.9. The lowest BCUT2D eigenvalue weighted by atomic mass is 10.1. The van der Waals surface area contributed by atoms with Crippen LogP contribution >= 0.6 is 0 Å². The van der Waals surface area contributed by atoms with Gasteiger partial charge in [-0.15, -0.1) is 0 Å². The molecule has 0 atom stereocenters. The van der Waals surface area contributed by atoms with Crippen molar-refractivity contribution in [2.45, 2.75) is 0 Å². The second kappa shape index (κ2) is 3.99. The number of aromatic nitrogens is 3. The van der Waals surface area contributed by atoms with Gasteiger partial charge in [0.1, 0.15) is 5.84 Å². The third kappa shape index (κ3) is 1.51. The number of benzene rings is 1. The largest absolute Gasteiger partial charge is 0.339 e. The van der Waals surface area contributed by atoms with E-state index in [1.54, 1.807) is 18.5 Å². The monoisotopic (exact) mass is 263 g/mol. The Kier molecular flexibility index (Phi) is 2.17. The first-order valence-electron chi connectivity index (χ1n) is 6.10. The minimum atomic E-state index is -0.215. The van der Waals surface area contributed by atoms with Crippen LogP contribution in [0.15, 0.2) is 52.5 Å². The van der Waals surface area contributed by atoms with Crippen molar-refractivity contribution in [2.75, 3.05) is 5.32 Å². The second-order valence-corrected chi connectivity index (χ2v) is 4.43. The van der Waals surface area contributed by atoms with Crippen molar-refractivity contribution in [3.63, 3.8) is 0 Å². The number of nitrogens with zero attached hydrogens (tertiary/aromatic N) is 3. The summed E-state index contributed by atoms with van der Waals surface area (Å²) in [5, 5.41) is 11.0. The summed E-state index contributed by atoms with van der Waals surface area (Å²) in [4.78, 5) is 20.3. The van der Waals surface area contributed by atoms with Crippen LogP contribution in [0.3, 0.4) is 0 Å².